The number of carbonyl (C=O) groups excluding carboxylic acids is 1. The van der Waals surface area contributed by atoms with Crippen LogP contribution in [0.5, 0.6) is 0 Å². The average molecular weight is 350 g/mol. The summed E-state index contributed by atoms with van der Waals surface area (Å²) < 4.78 is 0. The molecule has 3 saturated heterocycles. The van der Waals surface area contributed by atoms with E-state index in [9.17, 15) is 4.79 Å². The molecule has 132 valence electrons. The van der Waals surface area contributed by atoms with Gasteiger partial charge in [0.2, 0.25) is 11.1 Å². The van der Waals surface area contributed by atoms with Gasteiger partial charge in [-0.1, -0.05) is 18.2 Å². The topological polar surface area (TPSA) is 65.1 Å². The highest BCUT2D eigenvalue weighted by atomic mass is 32.2. The van der Waals surface area contributed by atoms with Crippen molar-refractivity contribution in [1.29, 1.82) is 0 Å². The van der Waals surface area contributed by atoms with Gasteiger partial charge in [0.25, 0.3) is 0 Å². The van der Waals surface area contributed by atoms with E-state index in [1.54, 1.807) is 0 Å². The summed E-state index contributed by atoms with van der Waals surface area (Å²) in [5, 5.41) is 7.60. The molecule has 3 aliphatic heterocycles. The van der Waals surface area contributed by atoms with E-state index in [-0.39, 0.29) is 5.91 Å². The van der Waals surface area contributed by atoms with Crippen molar-refractivity contribution in [3.05, 3.63) is 5.82 Å². The Morgan fingerprint density at radius 2 is 2.12 bits per heavy atom. The van der Waals surface area contributed by atoms with Crippen molar-refractivity contribution in [2.75, 3.05) is 31.9 Å². The normalized spacial score (nSPS) is 28.0. The molecule has 4 aliphatic rings. The summed E-state index contributed by atoms with van der Waals surface area (Å²) in [6.07, 6.45) is 6.76. The monoisotopic (exact) mass is 349 g/mol. The molecule has 1 saturated carbocycles. The lowest BCUT2D eigenvalue weighted by Crippen LogP contribution is -2.47. The predicted molar refractivity (Wildman–Crippen MR) is 93.8 cm³/mol. The number of fused-ring (bicyclic) bond motifs is 4. The Morgan fingerprint density at radius 3 is 2.83 bits per heavy atom. The van der Waals surface area contributed by atoms with Crippen molar-refractivity contribution in [3.63, 3.8) is 0 Å². The minimum Gasteiger partial charge on any atom is -0.340 e. The Balaban J connectivity index is 1.33. The van der Waals surface area contributed by atoms with E-state index in [1.165, 1.54) is 57.0 Å². The smallest absolute Gasteiger partial charge is 0.233 e. The molecule has 0 spiro atoms. The minimum absolute atomic E-state index is 0.241. The Labute approximate surface area is 147 Å². The molecule has 2 bridgehead atoms. The Kier molecular flexibility index (Phi) is 4.81. The first-order chi connectivity index (χ1) is 11.7. The summed E-state index contributed by atoms with van der Waals surface area (Å²) in [4.78, 5) is 21.7. The third-order valence-corrected chi connectivity index (χ3v) is 6.63. The number of aromatic amines is 1. The van der Waals surface area contributed by atoms with E-state index in [0.717, 1.165) is 24.8 Å². The summed E-state index contributed by atoms with van der Waals surface area (Å²) in [5.74, 6) is 3.05. The van der Waals surface area contributed by atoms with Crippen LogP contribution in [0.3, 0.4) is 0 Å². The number of aryl methyl sites for hydroxylation is 1. The first kappa shape index (κ1) is 16.4. The molecule has 24 heavy (non-hydrogen) atoms. The van der Waals surface area contributed by atoms with Gasteiger partial charge in [0.05, 0.1) is 5.75 Å². The summed E-state index contributed by atoms with van der Waals surface area (Å²) >= 11 is 1.44. The van der Waals surface area contributed by atoms with Crippen LogP contribution in [-0.2, 0) is 4.79 Å². The van der Waals surface area contributed by atoms with Crippen LogP contribution in [0.1, 0.15) is 37.9 Å². The molecule has 1 N–H and O–H groups in total. The molecule has 0 aromatic carbocycles. The second-order valence-electron chi connectivity index (χ2n) is 7.64. The summed E-state index contributed by atoms with van der Waals surface area (Å²) in [5.41, 5.74) is 0. The minimum atomic E-state index is 0.241. The number of nitrogens with one attached hydrogen (secondary N) is 1. The number of aromatic nitrogens is 3. The molecule has 5 rings (SSSR count). The number of rotatable bonds is 5. The molecular formula is C17H27N5OS. The molecule has 1 aliphatic carbocycles. The zero-order valence-electron chi connectivity index (χ0n) is 14.4. The van der Waals surface area contributed by atoms with Crippen molar-refractivity contribution in [2.24, 2.45) is 11.8 Å². The van der Waals surface area contributed by atoms with Gasteiger partial charge >= 0.3 is 0 Å². The molecule has 4 fully saturated rings. The molecule has 0 radical (unpaired) electrons. The molecule has 2 atom stereocenters. The molecule has 7 heteroatoms. The van der Waals surface area contributed by atoms with Crippen LogP contribution in [0, 0.1) is 18.8 Å². The van der Waals surface area contributed by atoms with Gasteiger partial charge < -0.3 is 4.90 Å². The van der Waals surface area contributed by atoms with Gasteiger partial charge in [-0.3, -0.25) is 14.8 Å². The number of carbonyl (C=O) groups is 1. The average Bonchev–Trinajstić information content (AvgIpc) is 2.75. The fraction of sp³-hybridized carbons (Fsp3) is 0.824. The zero-order chi connectivity index (χ0) is 16.5. The van der Waals surface area contributed by atoms with E-state index in [4.69, 9.17) is 0 Å². The highest BCUT2D eigenvalue weighted by molar-refractivity contribution is 7.99. The maximum Gasteiger partial charge on any atom is 0.233 e. The van der Waals surface area contributed by atoms with Crippen molar-refractivity contribution >= 4 is 17.7 Å². The number of piperidine rings is 1. The maximum absolute atomic E-state index is 12.7. The van der Waals surface area contributed by atoms with E-state index < -0.39 is 0 Å². The number of hydrogen-bond donors (Lipinski definition) is 1. The standard InChI is InChI=1S/C17H27N5OS/c1-12-18-17(20-19-12)24-11-16(23)22-9-14-5-6-15(10-22)21(8-14)7-13-3-2-4-13/h13-15H,2-11H2,1H3,(H,18,19,20)/t14-,15-/m1/s1. The molecule has 0 unspecified atom stereocenters. The zero-order valence-corrected chi connectivity index (χ0v) is 15.2. The maximum atomic E-state index is 12.7. The quantitative estimate of drug-likeness (QED) is 0.823. The molecule has 6 nitrogen and oxygen atoms in total. The number of H-pyrrole nitrogens is 1. The van der Waals surface area contributed by atoms with E-state index in [1.807, 2.05) is 6.92 Å². The third kappa shape index (κ3) is 3.61. The molecule has 4 heterocycles. The number of thioether (sulfide) groups is 1. The summed E-state index contributed by atoms with van der Waals surface area (Å²) in [6.45, 7) is 6.18. The van der Waals surface area contributed by atoms with Gasteiger partial charge in [-0.2, -0.15) is 0 Å². The molecular weight excluding hydrogens is 322 g/mol. The lowest BCUT2D eigenvalue weighted by molar-refractivity contribution is -0.128. The molecule has 1 aromatic rings. The first-order valence-electron chi connectivity index (χ1n) is 9.21. The number of nitrogens with zero attached hydrogens (tertiary/aromatic N) is 4. The van der Waals surface area contributed by atoms with Gasteiger partial charge in [0, 0.05) is 32.2 Å². The third-order valence-electron chi connectivity index (χ3n) is 5.80. The van der Waals surface area contributed by atoms with Crippen LogP contribution in [0.2, 0.25) is 0 Å². The summed E-state index contributed by atoms with van der Waals surface area (Å²) in [6, 6.07) is 0.573. The van der Waals surface area contributed by atoms with Crippen LogP contribution in [0.15, 0.2) is 5.16 Å². The van der Waals surface area contributed by atoms with Crippen LogP contribution in [0.25, 0.3) is 0 Å². The van der Waals surface area contributed by atoms with Crippen LogP contribution in [-0.4, -0.2) is 68.9 Å². The van der Waals surface area contributed by atoms with Crippen molar-refractivity contribution in [3.8, 4) is 0 Å². The highest BCUT2D eigenvalue weighted by Crippen LogP contribution is 2.33. The molecule has 1 amide bonds. The fourth-order valence-electron chi connectivity index (χ4n) is 4.22. The van der Waals surface area contributed by atoms with E-state index in [0.29, 0.717) is 22.9 Å². The largest absolute Gasteiger partial charge is 0.340 e. The second-order valence-corrected chi connectivity index (χ2v) is 8.58. The van der Waals surface area contributed by atoms with E-state index >= 15 is 0 Å². The van der Waals surface area contributed by atoms with Crippen LogP contribution >= 0.6 is 11.8 Å². The summed E-state index contributed by atoms with van der Waals surface area (Å²) in [7, 11) is 0. The highest BCUT2D eigenvalue weighted by Gasteiger charge is 2.37. The molecule has 1 aromatic heterocycles. The fourth-order valence-corrected chi connectivity index (χ4v) is 4.96. The lowest BCUT2D eigenvalue weighted by Gasteiger charge is -2.40. The van der Waals surface area contributed by atoms with Crippen LogP contribution < -0.4 is 0 Å². The van der Waals surface area contributed by atoms with E-state index in [2.05, 4.69) is 25.0 Å². The van der Waals surface area contributed by atoms with Crippen molar-refractivity contribution in [1.82, 2.24) is 25.0 Å². The number of hydrogen-bond acceptors (Lipinski definition) is 5. The van der Waals surface area contributed by atoms with Crippen molar-refractivity contribution < 1.29 is 4.79 Å². The van der Waals surface area contributed by atoms with Gasteiger partial charge in [0.15, 0.2) is 0 Å². The number of amides is 1. The second kappa shape index (κ2) is 7.04. The van der Waals surface area contributed by atoms with Gasteiger partial charge in [-0.05, 0) is 44.4 Å². The van der Waals surface area contributed by atoms with Gasteiger partial charge in [0.1, 0.15) is 5.82 Å². The SMILES string of the molecule is Cc1nc(SCC(=O)N2C[C@@H]3CC[C@H](C2)N(CC2CCC2)C3)n[nH]1. The van der Waals surface area contributed by atoms with Gasteiger partial charge in [-0.25, -0.2) is 4.98 Å². The van der Waals surface area contributed by atoms with Crippen molar-refractivity contribution in [2.45, 2.75) is 50.2 Å². The predicted octanol–water partition coefficient (Wildman–Crippen LogP) is 1.93. The van der Waals surface area contributed by atoms with Gasteiger partial charge in [-0.15, -0.1) is 5.10 Å². The first-order valence-corrected chi connectivity index (χ1v) is 10.2. The lowest BCUT2D eigenvalue weighted by atomic mass is 9.83. The van der Waals surface area contributed by atoms with Crippen LogP contribution in [0.4, 0.5) is 0 Å². The Hall–Kier alpha value is -1.08. The Bertz CT molecular complexity index is 587. The Morgan fingerprint density at radius 1 is 1.25 bits per heavy atom.